The second-order valence-electron chi connectivity index (χ2n) is 9.51. The first kappa shape index (κ1) is 19.0. The van der Waals surface area contributed by atoms with Crippen molar-refractivity contribution in [2.75, 3.05) is 32.7 Å². The Morgan fingerprint density at radius 2 is 1.78 bits per heavy atom. The summed E-state index contributed by atoms with van der Waals surface area (Å²) in [5, 5.41) is 19.6. The molecule has 4 rings (SSSR count). The number of aliphatic hydroxyl groups is 1. The van der Waals surface area contributed by atoms with Crippen LogP contribution < -0.4 is 0 Å². The van der Waals surface area contributed by atoms with Crippen LogP contribution in [-0.2, 0) is 4.79 Å². The lowest BCUT2D eigenvalue weighted by Crippen LogP contribution is -2.58. The van der Waals surface area contributed by atoms with E-state index in [1.807, 2.05) is 4.90 Å². The molecular formula is C20H33N3O4. The van der Waals surface area contributed by atoms with Crippen LogP contribution >= 0.6 is 0 Å². The minimum absolute atomic E-state index is 0.0797. The maximum absolute atomic E-state index is 12.1. The summed E-state index contributed by atoms with van der Waals surface area (Å²) < 4.78 is 0. The van der Waals surface area contributed by atoms with Crippen molar-refractivity contribution in [1.82, 2.24) is 14.7 Å². The molecule has 0 radical (unpaired) electrons. The Bertz CT molecular complexity index is 592. The van der Waals surface area contributed by atoms with Gasteiger partial charge in [0.15, 0.2) is 0 Å². The molecule has 2 aliphatic carbocycles. The largest absolute Gasteiger partial charge is 0.465 e. The summed E-state index contributed by atoms with van der Waals surface area (Å²) >= 11 is 0. The highest BCUT2D eigenvalue weighted by molar-refractivity contribution is 5.73. The van der Waals surface area contributed by atoms with Gasteiger partial charge in [0.05, 0.1) is 5.60 Å². The normalized spacial score (nSPS) is 33.6. The van der Waals surface area contributed by atoms with E-state index in [2.05, 4.69) is 4.90 Å². The SMILES string of the molecule is CC(=O)N(CC1(O)CCC1)C1CCN(C2CC3(CCN(C(=O)O)C3)C2)CC1. The Morgan fingerprint density at radius 1 is 1.11 bits per heavy atom. The van der Waals surface area contributed by atoms with Crippen LogP contribution in [0, 0.1) is 5.41 Å². The number of piperidine rings is 1. The monoisotopic (exact) mass is 379 g/mol. The first-order valence-corrected chi connectivity index (χ1v) is 10.5. The van der Waals surface area contributed by atoms with Gasteiger partial charge in [0, 0.05) is 51.7 Å². The number of hydrogen-bond acceptors (Lipinski definition) is 4. The van der Waals surface area contributed by atoms with Gasteiger partial charge in [0.2, 0.25) is 5.91 Å². The van der Waals surface area contributed by atoms with Gasteiger partial charge in [-0.1, -0.05) is 0 Å². The van der Waals surface area contributed by atoms with E-state index in [1.165, 1.54) is 0 Å². The van der Waals surface area contributed by atoms with E-state index in [0.717, 1.165) is 64.5 Å². The number of rotatable bonds is 4. The van der Waals surface area contributed by atoms with Crippen molar-refractivity contribution >= 4 is 12.0 Å². The van der Waals surface area contributed by atoms with Gasteiger partial charge in [-0.3, -0.25) is 4.79 Å². The van der Waals surface area contributed by atoms with Gasteiger partial charge in [-0.15, -0.1) is 0 Å². The van der Waals surface area contributed by atoms with Crippen LogP contribution in [0.4, 0.5) is 4.79 Å². The first-order chi connectivity index (χ1) is 12.8. The Balaban J connectivity index is 1.26. The van der Waals surface area contributed by atoms with Crippen LogP contribution in [0.25, 0.3) is 0 Å². The quantitative estimate of drug-likeness (QED) is 0.777. The van der Waals surface area contributed by atoms with Gasteiger partial charge in [0.1, 0.15) is 0 Å². The van der Waals surface area contributed by atoms with Crippen molar-refractivity contribution in [2.45, 2.75) is 76.0 Å². The van der Waals surface area contributed by atoms with Crippen LogP contribution in [0.15, 0.2) is 0 Å². The van der Waals surface area contributed by atoms with Crippen molar-refractivity contribution in [3.05, 3.63) is 0 Å². The van der Waals surface area contributed by atoms with Gasteiger partial charge in [-0.05, 0) is 56.8 Å². The summed E-state index contributed by atoms with van der Waals surface area (Å²) in [5.74, 6) is 0.0797. The molecule has 2 saturated carbocycles. The first-order valence-electron chi connectivity index (χ1n) is 10.5. The molecule has 0 aromatic rings. The zero-order chi connectivity index (χ0) is 19.2. The molecule has 2 heterocycles. The molecule has 0 bridgehead atoms. The van der Waals surface area contributed by atoms with Crippen LogP contribution in [-0.4, -0.2) is 87.3 Å². The van der Waals surface area contributed by atoms with E-state index in [1.54, 1.807) is 11.8 Å². The molecule has 1 spiro atoms. The number of hydrogen-bond donors (Lipinski definition) is 2. The topological polar surface area (TPSA) is 84.3 Å². The highest BCUT2D eigenvalue weighted by atomic mass is 16.4. The maximum atomic E-state index is 12.1. The van der Waals surface area contributed by atoms with Gasteiger partial charge in [-0.25, -0.2) is 4.79 Å². The number of likely N-dealkylation sites (tertiary alicyclic amines) is 2. The van der Waals surface area contributed by atoms with E-state index in [9.17, 15) is 19.8 Å². The van der Waals surface area contributed by atoms with Gasteiger partial charge >= 0.3 is 6.09 Å². The van der Waals surface area contributed by atoms with Crippen molar-refractivity contribution < 1.29 is 19.8 Å². The van der Waals surface area contributed by atoms with E-state index < -0.39 is 11.7 Å². The molecule has 2 N–H and O–H groups in total. The van der Waals surface area contributed by atoms with Crippen molar-refractivity contribution in [3.8, 4) is 0 Å². The number of nitrogens with zero attached hydrogens (tertiary/aromatic N) is 3. The third-order valence-corrected chi connectivity index (χ3v) is 7.66. The highest BCUT2D eigenvalue weighted by Gasteiger charge is 2.51. The number of amides is 2. The van der Waals surface area contributed by atoms with Gasteiger partial charge in [-0.2, -0.15) is 0 Å². The third-order valence-electron chi connectivity index (χ3n) is 7.66. The summed E-state index contributed by atoms with van der Waals surface area (Å²) in [4.78, 5) is 29.3. The number of carboxylic acid groups (broad SMARTS) is 1. The highest BCUT2D eigenvalue weighted by Crippen LogP contribution is 2.50. The van der Waals surface area contributed by atoms with Crippen LogP contribution in [0.5, 0.6) is 0 Å². The predicted octanol–water partition coefficient (Wildman–Crippen LogP) is 1.75. The molecule has 7 heteroatoms. The number of carbonyl (C=O) groups is 2. The average Bonchev–Trinajstić information content (AvgIpc) is 3.03. The van der Waals surface area contributed by atoms with Crippen LogP contribution in [0.1, 0.15) is 58.3 Å². The zero-order valence-electron chi connectivity index (χ0n) is 16.4. The molecular weight excluding hydrogens is 346 g/mol. The molecule has 27 heavy (non-hydrogen) atoms. The molecule has 4 aliphatic rings. The summed E-state index contributed by atoms with van der Waals surface area (Å²) in [6.45, 7) is 5.49. The standard InChI is InChI=1S/C20H33N3O4/c1-15(24)23(14-20(27)5-2-6-20)16-3-8-21(9-4-16)17-11-19(12-17)7-10-22(13-19)18(25)26/h16-17,27H,2-14H2,1H3,(H,25,26). The molecule has 0 unspecified atom stereocenters. The summed E-state index contributed by atoms with van der Waals surface area (Å²) in [6.07, 6.45) is 7.07. The molecule has 2 saturated heterocycles. The van der Waals surface area contributed by atoms with Crippen LogP contribution in [0.2, 0.25) is 0 Å². The lowest BCUT2D eigenvalue weighted by Gasteiger charge is -2.52. The lowest BCUT2D eigenvalue weighted by molar-refractivity contribution is -0.141. The Kier molecular flexibility index (Phi) is 4.87. The molecule has 4 fully saturated rings. The molecule has 7 nitrogen and oxygen atoms in total. The van der Waals surface area contributed by atoms with Crippen molar-refractivity contribution in [3.63, 3.8) is 0 Å². The summed E-state index contributed by atoms with van der Waals surface area (Å²) in [5.41, 5.74) is -0.430. The minimum atomic E-state index is -0.784. The third kappa shape index (κ3) is 3.68. The average molecular weight is 380 g/mol. The molecule has 0 aromatic carbocycles. The Morgan fingerprint density at radius 3 is 2.26 bits per heavy atom. The number of carbonyl (C=O) groups excluding carboxylic acids is 1. The Labute approximate surface area is 161 Å². The maximum Gasteiger partial charge on any atom is 0.407 e. The fraction of sp³-hybridized carbons (Fsp3) is 0.900. The second-order valence-corrected chi connectivity index (χ2v) is 9.51. The molecule has 2 aliphatic heterocycles. The predicted molar refractivity (Wildman–Crippen MR) is 100 cm³/mol. The Hall–Kier alpha value is -1.34. The fourth-order valence-corrected chi connectivity index (χ4v) is 5.75. The minimum Gasteiger partial charge on any atom is -0.465 e. The van der Waals surface area contributed by atoms with Crippen molar-refractivity contribution in [1.29, 1.82) is 0 Å². The van der Waals surface area contributed by atoms with E-state index >= 15 is 0 Å². The second kappa shape index (κ2) is 6.92. The molecule has 2 amide bonds. The fourth-order valence-electron chi connectivity index (χ4n) is 5.75. The lowest BCUT2D eigenvalue weighted by atomic mass is 9.64. The zero-order valence-corrected chi connectivity index (χ0v) is 16.4. The summed E-state index contributed by atoms with van der Waals surface area (Å²) in [7, 11) is 0. The summed E-state index contributed by atoms with van der Waals surface area (Å²) in [6, 6.07) is 0.813. The van der Waals surface area contributed by atoms with Crippen molar-refractivity contribution in [2.24, 2.45) is 5.41 Å². The van der Waals surface area contributed by atoms with Crippen LogP contribution in [0.3, 0.4) is 0 Å². The molecule has 0 atom stereocenters. The van der Waals surface area contributed by atoms with Gasteiger partial charge in [0.25, 0.3) is 0 Å². The van der Waals surface area contributed by atoms with E-state index in [0.29, 0.717) is 25.7 Å². The molecule has 0 aromatic heterocycles. The van der Waals surface area contributed by atoms with E-state index in [4.69, 9.17) is 0 Å². The molecule has 152 valence electrons. The van der Waals surface area contributed by atoms with Gasteiger partial charge < -0.3 is 24.9 Å². The van der Waals surface area contributed by atoms with E-state index in [-0.39, 0.29) is 17.4 Å². The smallest absolute Gasteiger partial charge is 0.407 e.